The molecule has 17 heavy (non-hydrogen) atoms. The van der Waals surface area contributed by atoms with Crippen LogP contribution in [0.1, 0.15) is 36.5 Å². The maximum Gasteiger partial charge on any atom is 0.165 e. The molecule has 0 aliphatic heterocycles. The van der Waals surface area contributed by atoms with Gasteiger partial charge >= 0.3 is 0 Å². The number of hydrogen-bond acceptors (Lipinski definition) is 3. The molecule has 0 atom stereocenters. The number of ketones is 1. The van der Waals surface area contributed by atoms with Gasteiger partial charge in [-0.1, -0.05) is 6.07 Å². The molecule has 0 spiro atoms. The molecule has 1 saturated carbocycles. The third kappa shape index (κ3) is 2.14. The highest BCUT2D eigenvalue weighted by Crippen LogP contribution is 2.34. The lowest BCUT2D eigenvalue weighted by Gasteiger charge is -2.37. The van der Waals surface area contributed by atoms with Crippen LogP contribution in [0.5, 0.6) is 5.75 Å². The first-order valence-corrected chi connectivity index (χ1v) is 6.06. The minimum atomic E-state index is 0.0589. The van der Waals surface area contributed by atoms with Crippen LogP contribution in [-0.2, 0) is 0 Å². The number of nitrogens with zero attached hydrogens (tertiary/aromatic N) is 1. The normalized spacial score (nSPS) is 15.2. The van der Waals surface area contributed by atoms with Gasteiger partial charge in [0.2, 0.25) is 0 Å². The van der Waals surface area contributed by atoms with E-state index < -0.39 is 0 Å². The number of ether oxygens (including phenoxy) is 1. The lowest BCUT2D eigenvalue weighted by Crippen LogP contribution is -2.37. The van der Waals surface area contributed by atoms with E-state index in [-0.39, 0.29) is 5.78 Å². The molecule has 0 unspecified atom stereocenters. The summed E-state index contributed by atoms with van der Waals surface area (Å²) in [4.78, 5) is 14.0. The second kappa shape index (κ2) is 4.78. The van der Waals surface area contributed by atoms with Gasteiger partial charge in [-0.15, -0.1) is 0 Å². The van der Waals surface area contributed by atoms with Gasteiger partial charge in [-0.25, -0.2) is 0 Å². The number of benzene rings is 1. The standard InChI is InChI=1S/C14H19NO2/c1-10(16)14-12(8-5-9-13(14)17-3)15(2)11-6-4-7-11/h5,8-9,11H,4,6-7H2,1-3H3. The van der Waals surface area contributed by atoms with E-state index in [1.165, 1.54) is 19.3 Å². The summed E-state index contributed by atoms with van der Waals surface area (Å²) >= 11 is 0. The molecule has 2 rings (SSSR count). The van der Waals surface area contributed by atoms with Gasteiger partial charge in [-0.2, -0.15) is 0 Å². The highest BCUT2D eigenvalue weighted by atomic mass is 16.5. The Hall–Kier alpha value is -1.51. The van der Waals surface area contributed by atoms with Gasteiger partial charge in [0.15, 0.2) is 5.78 Å². The first-order valence-electron chi connectivity index (χ1n) is 6.06. The molecule has 1 aromatic rings. The van der Waals surface area contributed by atoms with Crippen LogP contribution in [-0.4, -0.2) is 26.0 Å². The van der Waals surface area contributed by atoms with Crippen molar-refractivity contribution in [2.45, 2.75) is 32.2 Å². The molecule has 0 N–H and O–H groups in total. The Labute approximate surface area is 102 Å². The van der Waals surface area contributed by atoms with Gasteiger partial charge in [0, 0.05) is 13.1 Å². The maximum atomic E-state index is 11.8. The van der Waals surface area contributed by atoms with E-state index in [2.05, 4.69) is 11.9 Å². The fraction of sp³-hybridized carbons (Fsp3) is 0.500. The quantitative estimate of drug-likeness (QED) is 0.749. The minimum Gasteiger partial charge on any atom is -0.496 e. The van der Waals surface area contributed by atoms with E-state index in [1.807, 2.05) is 18.2 Å². The van der Waals surface area contributed by atoms with Crippen LogP contribution >= 0.6 is 0 Å². The number of hydrogen-bond donors (Lipinski definition) is 0. The molecular weight excluding hydrogens is 214 g/mol. The molecule has 0 heterocycles. The second-order valence-electron chi connectivity index (χ2n) is 4.61. The summed E-state index contributed by atoms with van der Waals surface area (Å²) in [5, 5.41) is 0. The Morgan fingerprint density at radius 1 is 1.41 bits per heavy atom. The first kappa shape index (κ1) is 12.0. The summed E-state index contributed by atoms with van der Waals surface area (Å²) in [5.41, 5.74) is 1.69. The van der Waals surface area contributed by atoms with Gasteiger partial charge in [-0.3, -0.25) is 4.79 Å². The highest BCUT2D eigenvalue weighted by Gasteiger charge is 2.25. The Morgan fingerprint density at radius 3 is 2.59 bits per heavy atom. The molecule has 1 aliphatic carbocycles. The summed E-state index contributed by atoms with van der Waals surface area (Å²) in [6.45, 7) is 1.59. The van der Waals surface area contributed by atoms with Crippen molar-refractivity contribution in [2.75, 3.05) is 19.1 Å². The van der Waals surface area contributed by atoms with Gasteiger partial charge in [0.25, 0.3) is 0 Å². The SMILES string of the molecule is COc1cccc(N(C)C2CCC2)c1C(C)=O. The van der Waals surface area contributed by atoms with Crippen molar-refractivity contribution in [3.63, 3.8) is 0 Å². The molecule has 3 heteroatoms. The van der Waals surface area contributed by atoms with Crippen LogP contribution in [0.15, 0.2) is 18.2 Å². The molecule has 0 saturated heterocycles. The lowest BCUT2D eigenvalue weighted by molar-refractivity contribution is 0.101. The summed E-state index contributed by atoms with van der Waals surface area (Å²) in [5.74, 6) is 0.727. The molecule has 1 aliphatic rings. The van der Waals surface area contributed by atoms with Crippen LogP contribution in [0.25, 0.3) is 0 Å². The number of rotatable bonds is 4. The third-order valence-corrected chi connectivity index (χ3v) is 3.58. The molecule has 1 aromatic carbocycles. The van der Waals surface area contributed by atoms with Crippen molar-refractivity contribution >= 4 is 11.5 Å². The van der Waals surface area contributed by atoms with Gasteiger partial charge in [-0.05, 0) is 38.3 Å². The van der Waals surface area contributed by atoms with E-state index >= 15 is 0 Å². The van der Waals surface area contributed by atoms with Crippen molar-refractivity contribution in [3.8, 4) is 5.75 Å². The number of anilines is 1. The average molecular weight is 233 g/mol. The zero-order valence-corrected chi connectivity index (χ0v) is 10.7. The largest absolute Gasteiger partial charge is 0.496 e. The average Bonchev–Trinajstić information content (AvgIpc) is 2.25. The Balaban J connectivity index is 2.40. The Bertz CT molecular complexity index is 424. The molecule has 0 aromatic heterocycles. The smallest absolute Gasteiger partial charge is 0.165 e. The first-order chi connectivity index (χ1) is 8.15. The predicted molar refractivity (Wildman–Crippen MR) is 69.0 cm³/mol. The van der Waals surface area contributed by atoms with Gasteiger partial charge < -0.3 is 9.64 Å². The molecule has 0 bridgehead atoms. The third-order valence-electron chi connectivity index (χ3n) is 3.58. The van der Waals surface area contributed by atoms with Crippen LogP contribution in [0.2, 0.25) is 0 Å². The predicted octanol–water partition coefficient (Wildman–Crippen LogP) is 2.89. The number of methoxy groups -OCH3 is 1. The Kier molecular flexibility index (Phi) is 3.36. The van der Waals surface area contributed by atoms with Crippen LogP contribution in [0, 0.1) is 0 Å². The van der Waals surface area contributed by atoms with E-state index in [0.29, 0.717) is 17.4 Å². The summed E-state index contributed by atoms with van der Waals surface area (Å²) < 4.78 is 5.28. The molecule has 92 valence electrons. The van der Waals surface area contributed by atoms with E-state index in [9.17, 15) is 4.79 Å². The van der Waals surface area contributed by atoms with Crippen molar-refractivity contribution < 1.29 is 9.53 Å². The number of carbonyl (C=O) groups is 1. The van der Waals surface area contributed by atoms with Crippen LogP contribution in [0.3, 0.4) is 0 Å². The van der Waals surface area contributed by atoms with Crippen molar-refractivity contribution in [3.05, 3.63) is 23.8 Å². The zero-order valence-electron chi connectivity index (χ0n) is 10.7. The lowest BCUT2D eigenvalue weighted by atomic mass is 9.91. The van der Waals surface area contributed by atoms with Crippen molar-refractivity contribution in [2.24, 2.45) is 0 Å². The summed E-state index contributed by atoms with van der Waals surface area (Å²) in [6, 6.07) is 6.35. The number of Topliss-reactive ketones (excluding diaryl/α,β-unsaturated/α-hetero) is 1. The fourth-order valence-corrected chi connectivity index (χ4v) is 2.31. The molecule has 1 fully saturated rings. The maximum absolute atomic E-state index is 11.8. The summed E-state index contributed by atoms with van der Waals surface area (Å²) in [7, 11) is 3.67. The van der Waals surface area contributed by atoms with Crippen molar-refractivity contribution in [1.29, 1.82) is 0 Å². The molecular formula is C14H19NO2. The van der Waals surface area contributed by atoms with Gasteiger partial charge in [0.05, 0.1) is 18.4 Å². The van der Waals surface area contributed by atoms with Crippen molar-refractivity contribution in [1.82, 2.24) is 0 Å². The molecule has 0 radical (unpaired) electrons. The number of carbonyl (C=O) groups excluding carboxylic acids is 1. The minimum absolute atomic E-state index is 0.0589. The second-order valence-corrected chi connectivity index (χ2v) is 4.61. The monoisotopic (exact) mass is 233 g/mol. The topological polar surface area (TPSA) is 29.5 Å². The van der Waals surface area contributed by atoms with E-state index in [1.54, 1.807) is 14.0 Å². The summed E-state index contributed by atoms with van der Waals surface area (Å²) in [6.07, 6.45) is 3.71. The Morgan fingerprint density at radius 2 is 2.12 bits per heavy atom. The van der Waals surface area contributed by atoms with Crippen LogP contribution in [0.4, 0.5) is 5.69 Å². The van der Waals surface area contributed by atoms with Crippen LogP contribution < -0.4 is 9.64 Å². The molecule has 3 nitrogen and oxygen atoms in total. The van der Waals surface area contributed by atoms with E-state index in [0.717, 1.165) is 5.69 Å². The van der Waals surface area contributed by atoms with Gasteiger partial charge in [0.1, 0.15) is 5.75 Å². The highest BCUT2D eigenvalue weighted by molar-refractivity contribution is 6.02. The van der Waals surface area contributed by atoms with E-state index in [4.69, 9.17) is 4.74 Å². The molecule has 0 amide bonds. The zero-order chi connectivity index (χ0) is 12.4. The fourth-order valence-electron chi connectivity index (χ4n) is 2.31.